The number of phenols is 1. The van der Waals surface area contributed by atoms with Crippen molar-refractivity contribution in [3.05, 3.63) is 63.7 Å². The van der Waals surface area contributed by atoms with E-state index in [2.05, 4.69) is 15.3 Å². The van der Waals surface area contributed by atoms with Crippen molar-refractivity contribution in [1.82, 2.24) is 24.8 Å². The molecule has 1 atom stereocenters. The molecular weight excluding hydrogens is 570 g/mol. The first kappa shape index (κ1) is 31.0. The molecule has 0 aliphatic carbocycles. The quantitative estimate of drug-likeness (QED) is 0.413. The molecule has 44 heavy (non-hydrogen) atoms. The first-order valence-corrected chi connectivity index (χ1v) is 14.7. The number of allylic oxidation sites excluding steroid dienone is 3. The molecule has 234 valence electrons. The smallest absolute Gasteiger partial charge is 0.410 e. The first-order valence-electron chi connectivity index (χ1n) is 14.7. The molecule has 0 spiro atoms. The molecule has 10 nitrogen and oxygen atoms in total. The molecule has 1 amide bonds. The lowest BCUT2D eigenvalue weighted by molar-refractivity contribution is 0.0218. The molecule has 1 aromatic carbocycles. The van der Waals surface area contributed by atoms with Gasteiger partial charge in [-0.1, -0.05) is 26.0 Å². The van der Waals surface area contributed by atoms with Crippen LogP contribution < -0.4 is 15.9 Å². The van der Waals surface area contributed by atoms with Gasteiger partial charge in [0.1, 0.15) is 28.7 Å². The van der Waals surface area contributed by atoms with E-state index in [0.717, 1.165) is 17.3 Å². The number of hydrogen-bond donors (Lipinski definition) is 2. The number of carbonyl (C=O) groups is 1. The highest BCUT2D eigenvalue weighted by Crippen LogP contribution is 2.37. The number of carbonyl (C=O) groups excluding carboxylic acids is 1. The van der Waals surface area contributed by atoms with Crippen LogP contribution in [-0.4, -0.2) is 68.5 Å². The Balaban J connectivity index is 1.73. The summed E-state index contributed by atoms with van der Waals surface area (Å²) >= 11 is 0. The minimum atomic E-state index is -0.890. The minimum Gasteiger partial charge on any atom is -0.507 e. The molecule has 4 heterocycles. The summed E-state index contributed by atoms with van der Waals surface area (Å²) in [6, 6.07) is 4.53. The van der Waals surface area contributed by atoms with Crippen LogP contribution in [0.4, 0.5) is 19.4 Å². The van der Waals surface area contributed by atoms with Gasteiger partial charge >= 0.3 is 11.8 Å². The summed E-state index contributed by atoms with van der Waals surface area (Å²) in [6.07, 6.45) is 1.48. The van der Waals surface area contributed by atoms with Crippen molar-refractivity contribution in [1.29, 1.82) is 0 Å². The maximum Gasteiger partial charge on any atom is 0.410 e. The van der Waals surface area contributed by atoms with E-state index in [1.807, 2.05) is 38.7 Å². The van der Waals surface area contributed by atoms with Crippen molar-refractivity contribution in [3.8, 4) is 17.0 Å². The van der Waals surface area contributed by atoms with Crippen molar-refractivity contribution in [2.45, 2.75) is 60.1 Å². The monoisotopic (exact) mass is 608 g/mol. The highest BCUT2D eigenvalue weighted by molar-refractivity contribution is 5.92. The fourth-order valence-corrected chi connectivity index (χ4v) is 5.69. The predicted octanol–water partition coefficient (Wildman–Crippen LogP) is 5.26. The Morgan fingerprint density at radius 1 is 1.16 bits per heavy atom. The van der Waals surface area contributed by atoms with E-state index in [9.17, 15) is 19.1 Å². The van der Waals surface area contributed by atoms with Crippen LogP contribution in [0.15, 0.2) is 46.4 Å². The summed E-state index contributed by atoms with van der Waals surface area (Å²) in [5, 5.41) is 14.1. The molecule has 0 saturated carbocycles. The molecule has 12 heteroatoms. The van der Waals surface area contributed by atoms with Gasteiger partial charge in [-0.3, -0.25) is 0 Å². The number of dihydropyridines is 1. The van der Waals surface area contributed by atoms with Crippen LogP contribution in [-0.2, 0) is 4.74 Å². The van der Waals surface area contributed by atoms with Crippen molar-refractivity contribution in [2.75, 3.05) is 31.1 Å². The molecule has 2 aliphatic heterocycles. The lowest BCUT2D eigenvalue weighted by Gasteiger charge is -2.41. The fraction of sp³-hybridized carbons (Fsp3) is 0.438. The Bertz CT molecular complexity index is 1740. The number of hydrogen-bond acceptors (Lipinski definition) is 8. The number of aromatic nitrogens is 3. The van der Waals surface area contributed by atoms with Crippen LogP contribution in [0.2, 0.25) is 0 Å². The van der Waals surface area contributed by atoms with Gasteiger partial charge in [0.2, 0.25) is 0 Å². The Hall–Kier alpha value is -4.48. The number of benzene rings is 1. The van der Waals surface area contributed by atoms with Crippen LogP contribution >= 0.6 is 0 Å². The zero-order chi connectivity index (χ0) is 32.1. The zero-order valence-electron chi connectivity index (χ0n) is 26.0. The third kappa shape index (κ3) is 5.72. The maximum atomic E-state index is 15.9. The van der Waals surface area contributed by atoms with E-state index >= 15 is 4.39 Å². The van der Waals surface area contributed by atoms with Gasteiger partial charge in [0.05, 0.1) is 16.6 Å². The molecule has 2 aliphatic rings. The average Bonchev–Trinajstić information content (AvgIpc) is 2.92. The molecule has 2 N–H and O–H groups in total. The number of piperazine rings is 1. The number of ether oxygens (including phenoxy) is 1. The number of nitrogens with one attached hydrogen (secondary N) is 1. The van der Waals surface area contributed by atoms with Crippen LogP contribution in [0, 0.1) is 17.6 Å². The first-order chi connectivity index (χ1) is 20.7. The second-order valence-corrected chi connectivity index (χ2v) is 12.5. The zero-order valence-corrected chi connectivity index (χ0v) is 26.0. The lowest BCUT2D eigenvalue weighted by Crippen LogP contribution is -2.55. The van der Waals surface area contributed by atoms with Gasteiger partial charge in [0, 0.05) is 37.9 Å². The van der Waals surface area contributed by atoms with E-state index < -0.39 is 46.0 Å². The summed E-state index contributed by atoms with van der Waals surface area (Å²) in [5.74, 6) is -2.04. The second kappa shape index (κ2) is 11.5. The molecule has 3 aromatic rings. The van der Waals surface area contributed by atoms with E-state index in [0.29, 0.717) is 18.8 Å². The van der Waals surface area contributed by atoms with E-state index in [1.165, 1.54) is 22.8 Å². The third-order valence-electron chi connectivity index (χ3n) is 7.71. The van der Waals surface area contributed by atoms with E-state index in [4.69, 9.17) is 4.74 Å². The Morgan fingerprint density at radius 3 is 2.52 bits per heavy atom. The molecule has 1 fully saturated rings. The topological polar surface area (TPSA) is 113 Å². The van der Waals surface area contributed by atoms with Gasteiger partial charge in [-0.05, 0) is 64.3 Å². The number of nitrogens with zero attached hydrogens (tertiary/aromatic N) is 5. The molecule has 0 unspecified atom stereocenters. The predicted molar refractivity (Wildman–Crippen MR) is 165 cm³/mol. The van der Waals surface area contributed by atoms with Crippen LogP contribution in [0.1, 0.15) is 48.5 Å². The Morgan fingerprint density at radius 2 is 1.89 bits per heavy atom. The number of phenolic OH excluding ortho intramolecular Hbond substituents is 1. The minimum absolute atomic E-state index is 0.00763. The maximum absolute atomic E-state index is 15.9. The Labute approximate surface area is 254 Å². The number of pyridine rings is 1. The Kier molecular flexibility index (Phi) is 8.13. The number of rotatable bonds is 4. The molecular formula is C32H38F2N6O4. The lowest BCUT2D eigenvalue weighted by atomic mass is 10.0. The standard InChI is InChI=1S/C32H38F2N6O4/c1-17(2)25-27(18(3)11-12-35-25)40-29-20(15-22(34)26(36-29)24-21(33)9-8-10-23(24)41)28(37-30(40)42)39-14-13-38(16-19(39)4)31(43)44-32(5,6)7/h8-11,15,17,19,35,41H,12-14,16H2,1-7H3/t19-/m0/s1. The summed E-state index contributed by atoms with van der Waals surface area (Å²) in [6.45, 7) is 14.5. The molecule has 0 bridgehead atoms. The van der Waals surface area contributed by atoms with Crippen molar-refractivity contribution in [2.24, 2.45) is 5.92 Å². The summed E-state index contributed by atoms with van der Waals surface area (Å²) in [7, 11) is 0. The number of fused-ring (bicyclic) bond motifs is 1. The van der Waals surface area contributed by atoms with Crippen molar-refractivity contribution >= 4 is 28.6 Å². The van der Waals surface area contributed by atoms with Gasteiger partial charge in [-0.15, -0.1) is 0 Å². The molecule has 5 rings (SSSR count). The van der Waals surface area contributed by atoms with Crippen LogP contribution in [0.5, 0.6) is 5.75 Å². The van der Waals surface area contributed by atoms with Gasteiger partial charge in [0.25, 0.3) is 0 Å². The second-order valence-electron chi connectivity index (χ2n) is 12.5. The summed E-state index contributed by atoms with van der Waals surface area (Å²) < 4.78 is 37.8. The molecule has 0 radical (unpaired) electrons. The molecule has 2 aromatic heterocycles. The van der Waals surface area contributed by atoms with E-state index in [1.54, 1.807) is 25.7 Å². The molecule has 1 saturated heterocycles. The van der Waals surface area contributed by atoms with Crippen LogP contribution in [0.25, 0.3) is 28.0 Å². The largest absolute Gasteiger partial charge is 0.507 e. The number of aromatic hydroxyl groups is 1. The fourth-order valence-electron chi connectivity index (χ4n) is 5.69. The van der Waals surface area contributed by atoms with Gasteiger partial charge in [-0.25, -0.2) is 27.9 Å². The normalized spacial score (nSPS) is 17.7. The number of anilines is 1. The number of amides is 1. The summed E-state index contributed by atoms with van der Waals surface area (Å²) in [5.41, 5.74) is 0.0269. The van der Waals surface area contributed by atoms with Crippen molar-refractivity contribution < 1.29 is 23.4 Å². The average molecular weight is 609 g/mol. The number of halogens is 2. The highest BCUT2D eigenvalue weighted by Gasteiger charge is 2.33. The van der Waals surface area contributed by atoms with Gasteiger partial charge in [-0.2, -0.15) is 4.98 Å². The van der Waals surface area contributed by atoms with Crippen LogP contribution in [0.3, 0.4) is 0 Å². The van der Waals surface area contributed by atoms with Crippen molar-refractivity contribution in [3.63, 3.8) is 0 Å². The summed E-state index contributed by atoms with van der Waals surface area (Å²) in [4.78, 5) is 39.2. The SMILES string of the molecule is CC1=CCNC(C(C)C)=C1n1c(=O)nc(N2CCN(C(=O)OC(C)(C)C)C[C@@H]2C)c2cc(F)c(-c3c(O)cccc3F)nc21. The van der Waals surface area contributed by atoms with E-state index in [-0.39, 0.29) is 41.9 Å². The van der Waals surface area contributed by atoms with Gasteiger partial charge in [0.15, 0.2) is 11.5 Å². The third-order valence-corrected chi connectivity index (χ3v) is 7.71. The van der Waals surface area contributed by atoms with Gasteiger partial charge < -0.3 is 25.0 Å². The highest BCUT2D eigenvalue weighted by atomic mass is 19.1.